The Kier molecular flexibility index (Phi) is 6.87. The summed E-state index contributed by atoms with van der Waals surface area (Å²) in [6.45, 7) is 15.5. The van der Waals surface area contributed by atoms with Crippen molar-refractivity contribution < 1.29 is 4.74 Å². The van der Waals surface area contributed by atoms with Crippen molar-refractivity contribution in [3.63, 3.8) is 0 Å². The molecule has 112 valence electrons. The Morgan fingerprint density at radius 2 is 2.00 bits per heavy atom. The van der Waals surface area contributed by atoms with Gasteiger partial charge in [0.05, 0.1) is 12.9 Å². The third kappa shape index (κ3) is 3.73. The Labute approximate surface area is 119 Å². The third-order valence-electron chi connectivity index (χ3n) is 4.56. The second-order valence-corrected chi connectivity index (χ2v) is 5.54. The smallest absolute Gasteiger partial charge is 0.0876 e. The van der Waals surface area contributed by atoms with Crippen molar-refractivity contribution in [1.82, 2.24) is 10.2 Å². The lowest BCUT2D eigenvalue weighted by Crippen LogP contribution is -2.60. The molecule has 0 fully saturated rings. The van der Waals surface area contributed by atoms with E-state index in [0.29, 0.717) is 6.04 Å². The Bertz CT molecular complexity index is 286. The summed E-state index contributed by atoms with van der Waals surface area (Å²) < 4.78 is 5.58. The molecule has 3 nitrogen and oxygen atoms in total. The third-order valence-corrected chi connectivity index (χ3v) is 4.56. The molecular weight excluding hydrogens is 236 g/mol. The van der Waals surface area contributed by atoms with Crippen LogP contribution < -0.4 is 5.32 Å². The van der Waals surface area contributed by atoms with E-state index in [4.69, 9.17) is 4.74 Å². The van der Waals surface area contributed by atoms with Crippen LogP contribution in [0.2, 0.25) is 0 Å². The maximum atomic E-state index is 5.58. The molecule has 1 aliphatic heterocycles. The molecule has 0 aliphatic carbocycles. The minimum atomic E-state index is 0.159. The molecule has 2 unspecified atom stereocenters. The van der Waals surface area contributed by atoms with Gasteiger partial charge in [-0.3, -0.25) is 4.90 Å². The van der Waals surface area contributed by atoms with E-state index in [1.807, 2.05) is 6.26 Å². The van der Waals surface area contributed by atoms with Gasteiger partial charge >= 0.3 is 0 Å². The first kappa shape index (κ1) is 16.5. The molecule has 0 aromatic heterocycles. The second kappa shape index (κ2) is 7.91. The van der Waals surface area contributed by atoms with Gasteiger partial charge in [-0.1, -0.05) is 27.7 Å². The maximum absolute atomic E-state index is 5.58. The van der Waals surface area contributed by atoms with Gasteiger partial charge in [-0.25, -0.2) is 0 Å². The van der Waals surface area contributed by atoms with Crippen molar-refractivity contribution in [2.45, 2.75) is 65.5 Å². The highest BCUT2D eigenvalue weighted by Crippen LogP contribution is 2.31. The van der Waals surface area contributed by atoms with E-state index in [1.165, 1.54) is 5.57 Å². The standard InChI is InChI=1S/C16H32N2O/c1-6-16(5,18(8-3)9-4)15(17-7-2)14-11-10-12-19-13-14/h13,15,17H,6-12H2,1-5H3. The molecule has 0 bridgehead atoms. The van der Waals surface area contributed by atoms with Gasteiger partial charge in [0, 0.05) is 11.6 Å². The first-order valence-corrected chi connectivity index (χ1v) is 7.92. The van der Waals surface area contributed by atoms with E-state index >= 15 is 0 Å². The van der Waals surface area contributed by atoms with Crippen LogP contribution in [-0.4, -0.2) is 42.7 Å². The zero-order chi connectivity index (χ0) is 14.3. The first-order valence-electron chi connectivity index (χ1n) is 7.92. The molecule has 2 atom stereocenters. The quantitative estimate of drug-likeness (QED) is 0.732. The lowest BCUT2D eigenvalue weighted by atomic mass is 9.81. The van der Waals surface area contributed by atoms with Gasteiger partial charge in [0.2, 0.25) is 0 Å². The van der Waals surface area contributed by atoms with Crippen LogP contribution in [0, 0.1) is 0 Å². The van der Waals surface area contributed by atoms with Gasteiger partial charge in [-0.2, -0.15) is 0 Å². The molecule has 0 spiro atoms. The summed E-state index contributed by atoms with van der Waals surface area (Å²) in [7, 11) is 0. The molecule has 0 aromatic carbocycles. The van der Waals surface area contributed by atoms with Crippen molar-refractivity contribution in [3.8, 4) is 0 Å². The Balaban J connectivity index is 3.01. The van der Waals surface area contributed by atoms with Crippen molar-refractivity contribution in [2.75, 3.05) is 26.2 Å². The average molecular weight is 268 g/mol. The molecule has 0 saturated carbocycles. The first-order chi connectivity index (χ1) is 9.13. The predicted molar refractivity (Wildman–Crippen MR) is 82.4 cm³/mol. The maximum Gasteiger partial charge on any atom is 0.0876 e. The predicted octanol–water partition coefficient (Wildman–Crippen LogP) is 3.17. The summed E-state index contributed by atoms with van der Waals surface area (Å²) in [4.78, 5) is 2.58. The fourth-order valence-electron chi connectivity index (χ4n) is 3.31. The molecule has 3 heteroatoms. The van der Waals surface area contributed by atoms with E-state index in [1.54, 1.807) is 0 Å². The summed E-state index contributed by atoms with van der Waals surface area (Å²) >= 11 is 0. The van der Waals surface area contributed by atoms with E-state index in [-0.39, 0.29) is 5.54 Å². The zero-order valence-corrected chi connectivity index (χ0v) is 13.5. The number of nitrogens with zero attached hydrogens (tertiary/aromatic N) is 1. The van der Waals surface area contributed by atoms with Crippen LogP contribution in [0.15, 0.2) is 11.8 Å². The summed E-state index contributed by atoms with van der Waals surface area (Å²) in [6.07, 6.45) is 5.46. The Hall–Kier alpha value is -0.540. The normalized spacial score (nSPS) is 20.6. The molecule has 1 rings (SSSR count). The van der Waals surface area contributed by atoms with E-state index in [2.05, 4.69) is 44.8 Å². The van der Waals surface area contributed by atoms with Gasteiger partial charge in [0.25, 0.3) is 0 Å². The van der Waals surface area contributed by atoms with Crippen LogP contribution in [0.4, 0.5) is 0 Å². The summed E-state index contributed by atoms with van der Waals surface area (Å²) in [6, 6.07) is 0.391. The molecule has 0 radical (unpaired) electrons. The van der Waals surface area contributed by atoms with Gasteiger partial charge in [-0.05, 0) is 51.4 Å². The number of ether oxygens (including phenoxy) is 1. The number of nitrogens with one attached hydrogen (secondary N) is 1. The van der Waals surface area contributed by atoms with E-state index in [9.17, 15) is 0 Å². The number of rotatable bonds is 8. The highest BCUT2D eigenvalue weighted by Gasteiger charge is 2.38. The summed E-state index contributed by atoms with van der Waals surface area (Å²) in [5.41, 5.74) is 1.59. The van der Waals surface area contributed by atoms with Crippen LogP contribution in [0.5, 0.6) is 0 Å². The van der Waals surface area contributed by atoms with E-state index < -0.39 is 0 Å². The largest absolute Gasteiger partial charge is 0.501 e. The Morgan fingerprint density at radius 3 is 2.42 bits per heavy atom. The molecule has 19 heavy (non-hydrogen) atoms. The van der Waals surface area contributed by atoms with Crippen LogP contribution in [0.3, 0.4) is 0 Å². The van der Waals surface area contributed by atoms with Crippen molar-refractivity contribution in [1.29, 1.82) is 0 Å². The number of hydrogen-bond donors (Lipinski definition) is 1. The highest BCUT2D eigenvalue weighted by molar-refractivity contribution is 5.18. The molecule has 1 aliphatic rings. The van der Waals surface area contributed by atoms with Crippen LogP contribution in [0.1, 0.15) is 53.9 Å². The topological polar surface area (TPSA) is 24.5 Å². The van der Waals surface area contributed by atoms with Crippen molar-refractivity contribution in [2.24, 2.45) is 0 Å². The molecule has 0 amide bonds. The van der Waals surface area contributed by atoms with Gasteiger partial charge in [0.15, 0.2) is 0 Å². The monoisotopic (exact) mass is 268 g/mol. The van der Waals surface area contributed by atoms with E-state index in [0.717, 1.165) is 45.5 Å². The average Bonchev–Trinajstić information content (AvgIpc) is 2.46. The summed E-state index contributed by atoms with van der Waals surface area (Å²) in [5, 5.41) is 3.70. The molecule has 0 saturated heterocycles. The Morgan fingerprint density at radius 1 is 1.32 bits per heavy atom. The SMILES string of the molecule is CCNC(C1=COCCC1)C(C)(CC)N(CC)CC. The molecule has 1 heterocycles. The van der Waals surface area contributed by atoms with Gasteiger partial charge in [0.1, 0.15) is 0 Å². The van der Waals surface area contributed by atoms with Crippen molar-refractivity contribution in [3.05, 3.63) is 11.8 Å². The number of hydrogen-bond acceptors (Lipinski definition) is 3. The van der Waals surface area contributed by atoms with Crippen LogP contribution in [0.25, 0.3) is 0 Å². The number of likely N-dealkylation sites (N-methyl/N-ethyl adjacent to an activating group) is 2. The highest BCUT2D eigenvalue weighted by atomic mass is 16.5. The lowest BCUT2D eigenvalue weighted by Gasteiger charge is -2.47. The molecular formula is C16H32N2O. The lowest BCUT2D eigenvalue weighted by molar-refractivity contribution is 0.0774. The zero-order valence-electron chi connectivity index (χ0n) is 13.5. The van der Waals surface area contributed by atoms with Crippen LogP contribution >= 0.6 is 0 Å². The minimum Gasteiger partial charge on any atom is -0.501 e. The molecule has 1 N–H and O–H groups in total. The van der Waals surface area contributed by atoms with Gasteiger partial charge in [-0.15, -0.1) is 0 Å². The molecule has 0 aromatic rings. The van der Waals surface area contributed by atoms with Gasteiger partial charge < -0.3 is 10.1 Å². The van der Waals surface area contributed by atoms with Crippen LogP contribution in [-0.2, 0) is 4.74 Å². The fraction of sp³-hybridized carbons (Fsp3) is 0.875. The summed E-state index contributed by atoms with van der Waals surface area (Å²) in [5.74, 6) is 0. The second-order valence-electron chi connectivity index (χ2n) is 5.54. The fourth-order valence-corrected chi connectivity index (χ4v) is 3.31. The minimum absolute atomic E-state index is 0.159. The van der Waals surface area contributed by atoms with Crippen molar-refractivity contribution >= 4 is 0 Å².